The third-order valence-electron chi connectivity index (χ3n) is 1.61. The molecule has 0 N–H and O–H groups in total. The van der Waals surface area contributed by atoms with E-state index in [1.807, 2.05) is 18.9 Å². The minimum atomic E-state index is 0.0324. The van der Waals surface area contributed by atoms with Crippen LogP contribution < -0.4 is 0 Å². The largest absolute Gasteiger partial charge is 0.289 e. The van der Waals surface area contributed by atoms with E-state index in [1.165, 1.54) is 0 Å². The van der Waals surface area contributed by atoms with Crippen molar-refractivity contribution in [3.05, 3.63) is 0 Å². The van der Waals surface area contributed by atoms with Crippen molar-refractivity contribution in [3.63, 3.8) is 0 Å². The summed E-state index contributed by atoms with van der Waals surface area (Å²) in [6.07, 6.45) is 0. The van der Waals surface area contributed by atoms with Crippen molar-refractivity contribution in [2.75, 3.05) is 7.05 Å². The molecule has 0 aromatic heterocycles. The fraction of sp³-hybridized carbons (Fsp3) is 0.857. The van der Waals surface area contributed by atoms with Crippen LogP contribution >= 0.6 is 0 Å². The molecular formula is C7H14N2. The van der Waals surface area contributed by atoms with E-state index < -0.39 is 0 Å². The first kappa shape index (κ1) is 8.45. The molecule has 1 atom stereocenters. The highest BCUT2D eigenvalue weighted by molar-refractivity contribution is 4.87. The van der Waals surface area contributed by atoms with Crippen molar-refractivity contribution < 1.29 is 0 Å². The average Bonchev–Trinajstić information content (AvgIpc) is 1.84. The molecule has 0 radical (unpaired) electrons. The van der Waals surface area contributed by atoms with Gasteiger partial charge >= 0.3 is 0 Å². The van der Waals surface area contributed by atoms with E-state index in [0.29, 0.717) is 6.04 Å². The van der Waals surface area contributed by atoms with Gasteiger partial charge in [-0.15, -0.1) is 0 Å². The molecule has 0 bridgehead atoms. The van der Waals surface area contributed by atoms with E-state index in [1.54, 1.807) is 0 Å². The Morgan fingerprint density at radius 1 is 1.33 bits per heavy atom. The van der Waals surface area contributed by atoms with Gasteiger partial charge in [0.25, 0.3) is 0 Å². The zero-order valence-electron chi connectivity index (χ0n) is 6.55. The first-order valence-corrected chi connectivity index (χ1v) is 3.21. The number of nitrogens with zero attached hydrogens (tertiary/aromatic N) is 2. The van der Waals surface area contributed by atoms with Crippen LogP contribution in [0.15, 0.2) is 0 Å². The molecule has 0 saturated carbocycles. The van der Waals surface area contributed by atoms with Gasteiger partial charge in [-0.05, 0) is 27.8 Å². The summed E-state index contributed by atoms with van der Waals surface area (Å²) in [6, 6.07) is 2.66. The summed E-state index contributed by atoms with van der Waals surface area (Å²) in [5, 5.41) is 8.46. The standard InChI is InChI=1S/C7H14N2/c1-6(2)9(4)7(3)5-8/h6-7H,1-4H3. The summed E-state index contributed by atoms with van der Waals surface area (Å²) < 4.78 is 0. The minimum Gasteiger partial charge on any atom is -0.289 e. The molecule has 0 aliphatic rings. The molecule has 9 heavy (non-hydrogen) atoms. The van der Waals surface area contributed by atoms with Gasteiger partial charge in [-0.1, -0.05) is 0 Å². The van der Waals surface area contributed by atoms with Crippen molar-refractivity contribution in [3.8, 4) is 6.07 Å². The first-order chi connectivity index (χ1) is 4.09. The maximum atomic E-state index is 8.46. The number of hydrogen-bond acceptors (Lipinski definition) is 2. The molecule has 0 spiro atoms. The second-order valence-corrected chi connectivity index (χ2v) is 2.56. The lowest BCUT2D eigenvalue weighted by Gasteiger charge is -2.22. The Kier molecular flexibility index (Phi) is 3.26. The molecule has 0 amide bonds. The molecule has 0 rings (SSSR count). The van der Waals surface area contributed by atoms with E-state index in [4.69, 9.17) is 5.26 Å². The van der Waals surface area contributed by atoms with E-state index in [9.17, 15) is 0 Å². The topological polar surface area (TPSA) is 27.0 Å². The molecule has 2 heteroatoms. The van der Waals surface area contributed by atoms with Crippen LogP contribution in [-0.4, -0.2) is 24.0 Å². The Balaban J connectivity index is 3.76. The van der Waals surface area contributed by atoms with Gasteiger partial charge in [-0.3, -0.25) is 4.90 Å². The predicted octanol–water partition coefficient (Wildman–Crippen LogP) is 1.24. The Hall–Kier alpha value is -0.550. The van der Waals surface area contributed by atoms with Crippen molar-refractivity contribution in [1.29, 1.82) is 5.26 Å². The molecule has 0 aromatic rings. The van der Waals surface area contributed by atoms with Gasteiger partial charge in [-0.25, -0.2) is 0 Å². The monoisotopic (exact) mass is 126 g/mol. The van der Waals surface area contributed by atoms with E-state index in [2.05, 4.69) is 19.9 Å². The van der Waals surface area contributed by atoms with Gasteiger partial charge in [0.1, 0.15) is 0 Å². The lowest BCUT2D eigenvalue weighted by molar-refractivity contribution is 0.246. The van der Waals surface area contributed by atoms with Crippen molar-refractivity contribution in [1.82, 2.24) is 4.90 Å². The van der Waals surface area contributed by atoms with Gasteiger partial charge in [0.2, 0.25) is 0 Å². The Morgan fingerprint density at radius 2 is 1.78 bits per heavy atom. The molecule has 1 unspecified atom stereocenters. The Bertz CT molecular complexity index is 113. The highest BCUT2D eigenvalue weighted by atomic mass is 15.1. The summed E-state index contributed by atoms with van der Waals surface area (Å²) >= 11 is 0. The molecule has 0 fully saturated rings. The van der Waals surface area contributed by atoms with Gasteiger partial charge in [0, 0.05) is 6.04 Å². The second kappa shape index (κ2) is 3.47. The van der Waals surface area contributed by atoms with E-state index in [0.717, 1.165) is 0 Å². The predicted molar refractivity (Wildman–Crippen MR) is 38.0 cm³/mol. The van der Waals surface area contributed by atoms with Crippen LogP contribution in [0, 0.1) is 11.3 Å². The maximum Gasteiger partial charge on any atom is 0.0949 e. The summed E-state index contributed by atoms with van der Waals surface area (Å²) in [6.45, 7) is 6.06. The molecule has 0 aliphatic heterocycles. The maximum absolute atomic E-state index is 8.46. The summed E-state index contributed by atoms with van der Waals surface area (Å²) in [7, 11) is 1.96. The first-order valence-electron chi connectivity index (χ1n) is 3.21. The van der Waals surface area contributed by atoms with Crippen molar-refractivity contribution >= 4 is 0 Å². The van der Waals surface area contributed by atoms with Gasteiger partial charge < -0.3 is 0 Å². The number of rotatable bonds is 2. The summed E-state index contributed by atoms with van der Waals surface area (Å²) in [5.41, 5.74) is 0. The zero-order valence-corrected chi connectivity index (χ0v) is 6.55. The fourth-order valence-electron chi connectivity index (χ4n) is 0.538. The van der Waals surface area contributed by atoms with E-state index >= 15 is 0 Å². The number of nitriles is 1. The van der Waals surface area contributed by atoms with Crippen LogP contribution in [0.3, 0.4) is 0 Å². The molecule has 0 heterocycles. The lowest BCUT2D eigenvalue weighted by atomic mass is 10.2. The average molecular weight is 126 g/mol. The fourth-order valence-corrected chi connectivity index (χ4v) is 0.538. The van der Waals surface area contributed by atoms with Crippen LogP contribution in [-0.2, 0) is 0 Å². The van der Waals surface area contributed by atoms with E-state index in [-0.39, 0.29) is 6.04 Å². The van der Waals surface area contributed by atoms with Gasteiger partial charge in [0.15, 0.2) is 0 Å². The quantitative estimate of drug-likeness (QED) is 0.556. The minimum absolute atomic E-state index is 0.0324. The molecule has 2 nitrogen and oxygen atoms in total. The van der Waals surface area contributed by atoms with Crippen LogP contribution in [0.2, 0.25) is 0 Å². The zero-order chi connectivity index (χ0) is 7.44. The molecule has 0 aliphatic carbocycles. The molecular weight excluding hydrogens is 112 g/mol. The van der Waals surface area contributed by atoms with Crippen LogP contribution in [0.5, 0.6) is 0 Å². The summed E-state index contributed by atoms with van der Waals surface area (Å²) in [4.78, 5) is 2.03. The highest BCUT2D eigenvalue weighted by Gasteiger charge is 2.09. The Morgan fingerprint density at radius 3 is 1.89 bits per heavy atom. The smallest absolute Gasteiger partial charge is 0.0949 e. The van der Waals surface area contributed by atoms with Crippen molar-refractivity contribution in [2.45, 2.75) is 32.9 Å². The van der Waals surface area contributed by atoms with Gasteiger partial charge in [-0.2, -0.15) is 5.26 Å². The molecule has 0 saturated heterocycles. The second-order valence-electron chi connectivity index (χ2n) is 2.56. The SMILES string of the molecule is CC(C)N(C)C(C)C#N. The molecule has 0 aromatic carbocycles. The summed E-state index contributed by atoms with van der Waals surface area (Å²) in [5.74, 6) is 0. The number of hydrogen-bond donors (Lipinski definition) is 0. The van der Waals surface area contributed by atoms with Crippen molar-refractivity contribution in [2.24, 2.45) is 0 Å². The third-order valence-corrected chi connectivity index (χ3v) is 1.61. The lowest BCUT2D eigenvalue weighted by Crippen LogP contribution is -2.33. The molecule has 52 valence electrons. The normalized spacial score (nSPS) is 13.9. The highest BCUT2D eigenvalue weighted by Crippen LogP contribution is 1.98. The van der Waals surface area contributed by atoms with Crippen LogP contribution in [0.25, 0.3) is 0 Å². The Labute approximate surface area is 57.1 Å². The van der Waals surface area contributed by atoms with Crippen LogP contribution in [0.1, 0.15) is 20.8 Å². The van der Waals surface area contributed by atoms with Gasteiger partial charge in [0.05, 0.1) is 12.1 Å². The third kappa shape index (κ3) is 2.48. The van der Waals surface area contributed by atoms with Crippen LogP contribution in [0.4, 0.5) is 0 Å².